The summed E-state index contributed by atoms with van der Waals surface area (Å²) < 4.78 is 38.7. The van der Waals surface area contributed by atoms with Gasteiger partial charge in [0.05, 0.1) is 11.3 Å². The topological polar surface area (TPSA) is 96.2 Å². The van der Waals surface area contributed by atoms with Gasteiger partial charge >= 0.3 is 6.18 Å². The number of nitrogen functional groups attached to an aromatic ring is 1. The Bertz CT molecular complexity index is 912. The fourth-order valence-corrected chi connectivity index (χ4v) is 4.07. The third kappa shape index (κ3) is 4.24. The van der Waals surface area contributed by atoms with Crippen molar-refractivity contribution in [3.05, 3.63) is 41.7 Å². The van der Waals surface area contributed by atoms with Gasteiger partial charge in [-0.1, -0.05) is 12.1 Å². The number of anilines is 1. The van der Waals surface area contributed by atoms with Gasteiger partial charge in [0.25, 0.3) is 0 Å². The first-order chi connectivity index (χ1) is 14.3. The second-order valence-electron chi connectivity index (χ2n) is 7.64. The predicted molar refractivity (Wildman–Crippen MR) is 105 cm³/mol. The Balaban J connectivity index is 1.60. The average molecular weight is 420 g/mol. The molecule has 1 amide bonds. The lowest BCUT2D eigenvalue weighted by Gasteiger charge is -2.34. The largest absolute Gasteiger partial charge is 0.416 e. The Morgan fingerprint density at radius 3 is 2.63 bits per heavy atom. The monoisotopic (exact) mass is 420 g/mol. The number of alkyl halides is 3. The van der Waals surface area contributed by atoms with E-state index in [4.69, 9.17) is 5.73 Å². The van der Waals surface area contributed by atoms with Gasteiger partial charge in [-0.2, -0.15) is 13.2 Å². The van der Waals surface area contributed by atoms with Crippen LogP contribution in [0.2, 0.25) is 0 Å². The number of piperidine rings is 1. The molecule has 0 spiro atoms. The van der Waals surface area contributed by atoms with Gasteiger partial charge in [-0.05, 0) is 37.0 Å². The number of hydrazine groups is 1. The van der Waals surface area contributed by atoms with Crippen LogP contribution in [0.3, 0.4) is 0 Å². The zero-order valence-electron chi connectivity index (χ0n) is 16.2. The van der Waals surface area contributed by atoms with Crippen LogP contribution in [-0.4, -0.2) is 46.5 Å². The van der Waals surface area contributed by atoms with Gasteiger partial charge < -0.3 is 10.6 Å². The molecule has 7 nitrogen and oxygen atoms in total. The van der Waals surface area contributed by atoms with Crippen molar-refractivity contribution in [2.45, 2.75) is 37.4 Å². The normalized spacial score (nSPS) is 22.3. The summed E-state index contributed by atoms with van der Waals surface area (Å²) in [6.45, 7) is 1.90. The molecule has 0 aliphatic carbocycles. The minimum atomic E-state index is -4.40. The lowest BCUT2D eigenvalue weighted by atomic mass is 9.89. The Labute approximate surface area is 171 Å². The second-order valence-corrected chi connectivity index (χ2v) is 7.64. The molecule has 2 fully saturated rings. The lowest BCUT2D eigenvalue weighted by Crippen LogP contribution is -2.48. The van der Waals surface area contributed by atoms with Crippen LogP contribution in [0.5, 0.6) is 0 Å². The molecule has 0 bridgehead atoms. The highest BCUT2D eigenvalue weighted by atomic mass is 19.4. The van der Waals surface area contributed by atoms with Crippen molar-refractivity contribution in [1.29, 1.82) is 0 Å². The molecule has 2 aliphatic heterocycles. The van der Waals surface area contributed by atoms with Crippen molar-refractivity contribution in [2.75, 3.05) is 25.4 Å². The zero-order chi connectivity index (χ0) is 21.3. The molecule has 4 N–H and O–H groups in total. The number of nitrogens with zero attached hydrogens (tertiary/aromatic N) is 3. The molecule has 0 radical (unpaired) electrons. The van der Waals surface area contributed by atoms with Crippen molar-refractivity contribution in [2.24, 2.45) is 0 Å². The van der Waals surface area contributed by atoms with Crippen LogP contribution in [0.25, 0.3) is 11.1 Å². The van der Waals surface area contributed by atoms with Crippen LogP contribution in [0.1, 0.15) is 36.4 Å². The first-order valence-corrected chi connectivity index (χ1v) is 9.90. The fourth-order valence-electron chi connectivity index (χ4n) is 4.07. The van der Waals surface area contributed by atoms with Gasteiger partial charge in [0.2, 0.25) is 11.9 Å². The highest BCUT2D eigenvalue weighted by Crippen LogP contribution is 2.35. The Kier molecular flexibility index (Phi) is 5.61. The molecule has 2 atom stereocenters. The first-order valence-electron chi connectivity index (χ1n) is 9.90. The maximum absolute atomic E-state index is 12.9. The summed E-state index contributed by atoms with van der Waals surface area (Å²) in [5.41, 5.74) is 13.0. The Morgan fingerprint density at radius 2 is 1.97 bits per heavy atom. The summed E-state index contributed by atoms with van der Waals surface area (Å²) in [6.07, 6.45) is -0.496. The summed E-state index contributed by atoms with van der Waals surface area (Å²) >= 11 is 0. The van der Waals surface area contributed by atoms with Crippen LogP contribution in [0.4, 0.5) is 19.1 Å². The number of hydrogen-bond donors (Lipinski definition) is 3. The minimum absolute atomic E-state index is 0.0443. The van der Waals surface area contributed by atoms with Crippen LogP contribution in [0, 0.1) is 0 Å². The number of aromatic nitrogens is 2. The number of nitrogens with two attached hydrogens (primary N) is 1. The molecule has 1 aromatic carbocycles. The van der Waals surface area contributed by atoms with Crippen molar-refractivity contribution in [3.63, 3.8) is 0 Å². The number of amides is 1. The van der Waals surface area contributed by atoms with Crippen LogP contribution in [0.15, 0.2) is 30.5 Å². The maximum atomic E-state index is 12.9. The molecule has 4 rings (SSSR count). The molecule has 160 valence electrons. The lowest BCUT2D eigenvalue weighted by molar-refractivity contribution is -0.137. The number of halogens is 3. The molecule has 2 saturated heterocycles. The number of nitrogens with one attached hydrogen (secondary N) is 2. The Hall–Kier alpha value is -2.72. The number of carbonyl (C=O) groups excluding carboxylic acids is 1. The fraction of sp³-hybridized carbons (Fsp3) is 0.450. The van der Waals surface area contributed by atoms with Crippen molar-refractivity contribution in [1.82, 2.24) is 25.7 Å². The van der Waals surface area contributed by atoms with Gasteiger partial charge in [0, 0.05) is 37.3 Å². The zero-order valence-corrected chi connectivity index (χ0v) is 16.2. The van der Waals surface area contributed by atoms with Crippen LogP contribution >= 0.6 is 0 Å². The third-order valence-electron chi connectivity index (χ3n) is 5.61. The van der Waals surface area contributed by atoms with E-state index < -0.39 is 11.7 Å². The van der Waals surface area contributed by atoms with Gasteiger partial charge in [0.15, 0.2) is 0 Å². The number of likely N-dealkylation sites (tertiary alicyclic amines) is 1. The summed E-state index contributed by atoms with van der Waals surface area (Å²) in [6, 6.07) is 4.69. The molecule has 2 unspecified atom stereocenters. The molecule has 2 aromatic rings. The number of benzene rings is 1. The van der Waals surface area contributed by atoms with E-state index in [0.29, 0.717) is 29.9 Å². The molecular weight excluding hydrogens is 397 g/mol. The van der Waals surface area contributed by atoms with Gasteiger partial charge in [-0.3, -0.25) is 10.2 Å². The number of hydrogen-bond acceptors (Lipinski definition) is 6. The summed E-state index contributed by atoms with van der Waals surface area (Å²) in [4.78, 5) is 23.1. The highest BCUT2D eigenvalue weighted by Gasteiger charge is 2.33. The summed E-state index contributed by atoms with van der Waals surface area (Å²) in [7, 11) is 0. The second kappa shape index (κ2) is 8.19. The van der Waals surface area contributed by atoms with Crippen molar-refractivity contribution >= 4 is 11.9 Å². The third-order valence-corrected chi connectivity index (χ3v) is 5.61. The molecular formula is C20H23F3N6O. The van der Waals surface area contributed by atoms with Crippen LogP contribution < -0.4 is 16.6 Å². The van der Waals surface area contributed by atoms with Crippen molar-refractivity contribution < 1.29 is 18.0 Å². The van der Waals surface area contributed by atoms with Gasteiger partial charge in [0.1, 0.15) is 6.04 Å². The quantitative estimate of drug-likeness (QED) is 0.705. The van der Waals surface area contributed by atoms with E-state index in [1.165, 1.54) is 12.1 Å². The summed E-state index contributed by atoms with van der Waals surface area (Å²) in [5, 5.41) is 0. The van der Waals surface area contributed by atoms with E-state index in [0.717, 1.165) is 37.9 Å². The predicted octanol–water partition coefficient (Wildman–Crippen LogP) is 2.32. The minimum Gasteiger partial charge on any atom is -0.368 e. The average Bonchev–Trinajstić information content (AvgIpc) is 3.28. The van der Waals surface area contributed by atoms with Gasteiger partial charge in [-0.25, -0.2) is 15.4 Å². The smallest absolute Gasteiger partial charge is 0.368 e. The van der Waals surface area contributed by atoms with E-state index >= 15 is 0 Å². The first kappa shape index (κ1) is 20.5. The Morgan fingerprint density at radius 1 is 1.20 bits per heavy atom. The molecule has 0 saturated carbocycles. The number of rotatable bonds is 3. The van der Waals surface area contributed by atoms with E-state index in [-0.39, 0.29) is 23.8 Å². The van der Waals surface area contributed by atoms with E-state index in [1.807, 2.05) is 4.90 Å². The highest BCUT2D eigenvalue weighted by molar-refractivity contribution is 5.82. The molecule has 10 heteroatoms. The summed E-state index contributed by atoms with van der Waals surface area (Å²) in [5.74, 6) is 0.0771. The number of carbonyl (C=O) groups is 1. The SMILES string of the molecule is Nc1ncc(-c2ccc(C(F)(F)F)cc2)c(C2CCCN(C(=O)C3CCNN3)C2)n1. The standard InChI is InChI=1S/C20H23F3N6O/c21-20(22,23)14-5-3-12(4-6-14)15-10-25-19(24)27-17(15)13-2-1-9-29(11-13)18(30)16-7-8-26-28-16/h3-6,10,13,16,26,28H,1-2,7-9,11H2,(H2,24,25,27). The molecule has 3 heterocycles. The van der Waals surface area contributed by atoms with E-state index in [1.54, 1.807) is 6.20 Å². The molecule has 2 aliphatic rings. The van der Waals surface area contributed by atoms with Gasteiger partial charge in [-0.15, -0.1) is 0 Å². The maximum Gasteiger partial charge on any atom is 0.416 e. The van der Waals surface area contributed by atoms with E-state index in [2.05, 4.69) is 20.8 Å². The van der Waals surface area contributed by atoms with Crippen molar-refractivity contribution in [3.8, 4) is 11.1 Å². The van der Waals surface area contributed by atoms with E-state index in [9.17, 15) is 18.0 Å². The van der Waals surface area contributed by atoms with Crippen LogP contribution in [-0.2, 0) is 11.0 Å². The molecule has 30 heavy (non-hydrogen) atoms. The molecule has 1 aromatic heterocycles.